The molecule has 4 aromatic heterocycles. The molecule has 6 nitrogen and oxygen atoms in total. The molecule has 0 N–H and O–H groups in total. The first-order chi connectivity index (χ1) is 28.7. The van der Waals surface area contributed by atoms with Gasteiger partial charge in [0.2, 0.25) is 0 Å². The number of para-hydroxylation sites is 1. The third-order valence-electron chi connectivity index (χ3n) is 10.9. The normalized spacial score (nSPS) is 12.2. The van der Waals surface area contributed by atoms with Gasteiger partial charge in [-0.05, 0) is 75.1 Å². The Morgan fingerprint density at radius 2 is 1.42 bits per heavy atom. The van der Waals surface area contributed by atoms with E-state index in [1.54, 1.807) is 6.20 Å². The van der Waals surface area contributed by atoms with Gasteiger partial charge < -0.3 is 14.0 Å². The van der Waals surface area contributed by atoms with Gasteiger partial charge >= 0.3 is 0 Å². The first-order valence-electron chi connectivity index (χ1n) is 20.9. The topological polar surface area (TPSA) is 69.6 Å². The molecule has 8 heteroatoms. The van der Waals surface area contributed by atoms with Gasteiger partial charge in [-0.1, -0.05) is 132 Å². The number of pyridine rings is 1. The van der Waals surface area contributed by atoms with E-state index in [4.69, 9.17) is 10.8 Å². The van der Waals surface area contributed by atoms with E-state index in [0.29, 0.717) is 5.65 Å². The van der Waals surface area contributed by atoms with Crippen LogP contribution in [0.15, 0.2) is 132 Å². The maximum Gasteiger partial charge on any atom is 0.190 e. The van der Waals surface area contributed by atoms with Crippen molar-refractivity contribution in [3.63, 3.8) is 0 Å². The van der Waals surface area contributed by atoms with Crippen LogP contribution in [0, 0.1) is 12.1 Å². The van der Waals surface area contributed by atoms with Crippen molar-refractivity contribution in [3.05, 3.63) is 156 Å². The van der Waals surface area contributed by atoms with Gasteiger partial charge in [-0.15, -0.1) is 59.2 Å². The Bertz CT molecular complexity index is 2940. The Morgan fingerprint density at radius 1 is 0.717 bits per heavy atom. The van der Waals surface area contributed by atoms with E-state index in [0.717, 1.165) is 61.4 Å². The van der Waals surface area contributed by atoms with Crippen LogP contribution in [0.4, 0.5) is 0 Å². The minimum absolute atomic E-state index is 0. The number of furan rings is 1. The third-order valence-corrected chi connectivity index (χ3v) is 12.9. The molecule has 0 spiro atoms. The molecular formula is C52H51IrN5OSi-2. The summed E-state index contributed by atoms with van der Waals surface area (Å²) in [5.74, 6) is 0.670. The number of hydrogen-bond donors (Lipinski definition) is 0. The van der Waals surface area contributed by atoms with E-state index in [2.05, 4.69) is 140 Å². The van der Waals surface area contributed by atoms with Crippen molar-refractivity contribution in [2.75, 3.05) is 0 Å². The number of nitrogens with zero attached hydrogens (tertiary/aromatic N) is 5. The maximum atomic E-state index is 8.44. The molecule has 0 saturated carbocycles. The molecule has 9 rings (SSSR count). The van der Waals surface area contributed by atoms with Crippen LogP contribution in [0.5, 0.6) is 0 Å². The predicted molar refractivity (Wildman–Crippen MR) is 247 cm³/mol. The molecule has 0 aliphatic carbocycles. The molecule has 0 fully saturated rings. The summed E-state index contributed by atoms with van der Waals surface area (Å²) in [5, 5.41) is 12.0. The first-order valence-corrected chi connectivity index (χ1v) is 23.9. The Balaban J connectivity index is 0.000000226. The summed E-state index contributed by atoms with van der Waals surface area (Å²) in [6.07, 6.45) is 3.71. The fraction of sp³-hybridized carbons (Fsp3) is 0.231. The second-order valence-corrected chi connectivity index (χ2v) is 22.1. The summed E-state index contributed by atoms with van der Waals surface area (Å²) in [6, 6.07) is 46.0. The molecule has 4 heterocycles. The molecule has 60 heavy (non-hydrogen) atoms. The number of aromatic nitrogens is 5. The molecule has 0 unspecified atom stereocenters. The number of imidazole rings is 1. The van der Waals surface area contributed by atoms with Gasteiger partial charge in [0, 0.05) is 38.7 Å². The fourth-order valence-corrected chi connectivity index (χ4v) is 9.45. The van der Waals surface area contributed by atoms with E-state index in [1.807, 2.05) is 74.6 Å². The van der Waals surface area contributed by atoms with Crippen molar-refractivity contribution >= 4 is 46.4 Å². The van der Waals surface area contributed by atoms with Crippen LogP contribution in [-0.4, -0.2) is 32.8 Å². The maximum absolute atomic E-state index is 8.44. The van der Waals surface area contributed by atoms with Crippen molar-refractivity contribution in [1.29, 1.82) is 0 Å². The zero-order chi connectivity index (χ0) is 42.3. The summed E-state index contributed by atoms with van der Waals surface area (Å²) in [4.78, 5) is 9.67. The average Bonchev–Trinajstić information content (AvgIpc) is 3.82. The quantitative estimate of drug-likeness (QED) is 0.112. The van der Waals surface area contributed by atoms with E-state index < -0.39 is 14.0 Å². The van der Waals surface area contributed by atoms with Gasteiger partial charge in [0.15, 0.2) is 5.65 Å². The van der Waals surface area contributed by atoms with E-state index in [1.165, 1.54) is 27.4 Å². The van der Waals surface area contributed by atoms with Crippen LogP contribution < -0.4 is 5.19 Å². The molecular weight excluding hydrogens is 931 g/mol. The fourth-order valence-electron chi connectivity index (χ4n) is 7.87. The average molecular weight is 983 g/mol. The van der Waals surface area contributed by atoms with Crippen molar-refractivity contribution in [1.82, 2.24) is 24.7 Å². The van der Waals surface area contributed by atoms with Crippen LogP contribution in [0.1, 0.15) is 77.3 Å². The standard InChI is InChI=1S/C35H29N4O.C17H22NSi.Ir/c1-21(2)28-19-24(23-11-6-5-7-12-23)20-29(22(3)4)32(28)39-30-17-18-36-38-34(30)37-35(39)27-15-10-14-26-25-13-8-9-16-31(25)40-33(26)27;1-13(2)15-11-16(14-9-7-6-8-10-14)18-12-17(15)19(3,4)5;/h5-14,16-22H,1-4H3;6-9,11-13H,1-5H3;/q2*-1;/i;13D;. The minimum atomic E-state index is -1.50. The van der Waals surface area contributed by atoms with Crippen molar-refractivity contribution in [2.24, 2.45) is 0 Å². The first kappa shape index (κ1) is 41.2. The van der Waals surface area contributed by atoms with Gasteiger partial charge in [-0.25, -0.2) is 0 Å². The van der Waals surface area contributed by atoms with Crippen LogP contribution >= 0.6 is 0 Å². The summed E-state index contributed by atoms with van der Waals surface area (Å²) in [7, 11) is -1.50. The number of fused-ring (bicyclic) bond motifs is 4. The van der Waals surface area contributed by atoms with Crippen molar-refractivity contribution in [2.45, 2.75) is 78.9 Å². The van der Waals surface area contributed by atoms with Crippen LogP contribution in [-0.2, 0) is 20.1 Å². The smallest absolute Gasteiger partial charge is 0.190 e. The van der Waals surface area contributed by atoms with Gasteiger partial charge in [-0.2, -0.15) is 5.10 Å². The van der Waals surface area contributed by atoms with E-state index in [-0.39, 0.29) is 31.9 Å². The Hall–Kier alpha value is -5.53. The van der Waals surface area contributed by atoms with Crippen molar-refractivity contribution in [3.8, 4) is 39.5 Å². The zero-order valence-electron chi connectivity index (χ0n) is 36.8. The molecule has 0 amide bonds. The number of benzene rings is 5. The van der Waals surface area contributed by atoms with Crippen LogP contribution in [0.25, 0.3) is 72.6 Å². The van der Waals surface area contributed by atoms with Gasteiger partial charge in [-0.3, -0.25) is 4.98 Å². The Kier molecular flexibility index (Phi) is 12.1. The van der Waals surface area contributed by atoms with Gasteiger partial charge in [0.1, 0.15) is 5.58 Å². The molecule has 1 radical (unpaired) electrons. The van der Waals surface area contributed by atoms with E-state index >= 15 is 0 Å². The third kappa shape index (κ3) is 8.29. The Morgan fingerprint density at radius 3 is 2.08 bits per heavy atom. The second-order valence-electron chi connectivity index (χ2n) is 17.0. The largest absolute Gasteiger partial charge is 0.501 e. The molecule has 5 aromatic carbocycles. The van der Waals surface area contributed by atoms with Crippen molar-refractivity contribution < 1.29 is 25.9 Å². The summed E-state index contributed by atoms with van der Waals surface area (Å²) in [6.45, 7) is 19.8. The summed E-state index contributed by atoms with van der Waals surface area (Å²) in [5.41, 5.74) is 13.0. The van der Waals surface area contributed by atoms with E-state index in [9.17, 15) is 0 Å². The second kappa shape index (κ2) is 17.6. The monoisotopic (exact) mass is 983 g/mol. The van der Waals surface area contributed by atoms with Crippen LogP contribution in [0.3, 0.4) is 0 Å². The molecule has 0 bridgehead atoms. The van der Waals surface area contributed by atoms with Gasteiger partial charge in [0.05, 0.1) is 31.2 Å². The van der Waals surface area contributed by atoms with Gasteiger partial charge in [0.25, 0.3) is 0 Å². The summed E-state index contributed by atoms with van der Waals surface area (Å²) < 4.78 is 17.1. The minimum Gasteiger partial charge on any atom is -0.501 e. The molecule has 0 aliphatic rings. The molecule has 9 aromatic rings. The predicted octanol–water partition coefficient (Wildman–Crippen LogP) is 13.3. The molecule has 0 aliphatic heterocycles. The molecule has 305 valence electrons. The SMILES string of the molecule is CC(C)c1cc(-c2ccccc2)cc(C(C)C)c1-n1c(-c2[c-]ccc3c2oc2ccccc23)nc2nnccc21.[2H]C(C)(C)c1cc(-c2[c-]cccc2)ncc1[Si](C)(C)C.[Ir]. The summed E-state index contributed by atoms with van der Waals surface area (Å²) >= 11 is 0. The zero-order valence-corrected chi connectivity index (χ0v) is 39.2. The van der Waals surface area contributed by atoms with Crippen LogP contribution in [0.2, 0.25) is 19.6 Å². The Labute approximate surface area is 369 Å². The number of rotatable bonds is 8. The molecule has 0 saturated heterocycles. The molecule has 0 atom stereocenters. The number of hydrogen-bond acceptors (Lipinski definition) is 5.